The number of amides is 1. The van der Waals surface area contributed by atoms with Crippen LogP contribution in [0.1, 0.15) is 49.7 Å². The number of ether oxygens (including phenoxy) is 1. The molecule has 0 bridgehead atoms. The van der Waals surface area contributed by atoms with Gasteiger partial charge in [-0.25, -0.2) is 4.98 Å². The minimum atomic E-state index is -0.139. The lowest BCUT2D eigenvalue weighted by atomic mass is 10.1. The molecule has 1 N–H and O–H groups in total. The van der Waals surface area contributed by atoms with Crippen molar-refractivity contribution in [3.63, 3.8) is 0 Å². The number of benzene rings is 2. The zero-order valence-electron chi connectivity index (χ0n) is 17.2. The molecule has 0 spiro atoms. The normalized spacial score (nSPS) is 12.1. The fraction of sp³-hybridized carbons (Fsp3) is 0.391. The van der Waals surface area contributed by atoms with Crippen LogP contribution in [0.3, 0.4) is 0 Å². The summed E-state index contributed by atoms with van der Waals surface area (Å²) < 4.78 is 8.26. The highest BCUT2D eigenvalue weighted by molar-refractivity contribution is 5.77. The highest BCUT2D eigenvalue weighted by Gasteiger charge is 2.17. The first-order valence-corrected chi connectivity index (χ1v) is 9.94. The molecule has 1 heterocycles. The number of nitrogens with zero attached hydrogens (tertiary/aromatic N) is 2. The van der Waals surface area contributed by atoms with Gasteiger partial charge in [-0.15, -0.1) is 0 Å². The lowest BCUT2D eigenvalue weighted by Crippen LogP contribution is -2.28. The molecule has 1 atom stereocenters. The maximum Gasteiger partial charge on any atom is 0.220 e. The first-order valence-electron chi connectivity index (χ1n) is 9.94. The maximum absolute atomic E-state index is 11.8. The van der Waals surface area contributed by atoms with Crippen LogP contribution < -0.4 is 10.1 Å². The van der Waals surface area contributed by atoms with Crippen molar-refractivity contribution < 1.29 is 9.53 Å². The Morgan fingerprint density at radius 2 is 1.86 bits per heavy atom. The summed E-state index contributed by atoms with van der Waals surface area (Å²) in [4.78, 5) is 16.6. The van der Waals surface area contributed by atoms with E-state index in [2.05, 4.69) is 41.9 Å². The molecular formula is C23H29N3O2. The first-order chi connectivity index (χ1) is 13.5. The number of carbonyl (C=O) groups excluding carboxylic acids is 1. The minimum absolute atomic E-state index is 0.0319. The summed E-state index contributed by atoms with van der Waals surface area (Å²) in [6, 6.07) is 14.1. The number of hydrogen-bond acceptors (Lipinski definition) is 3. The average molecular weight is 380 g/mol. The van der Waals surface area contributed by atoms with Gasteiger partial charge in [-0.05, 0) is 50.5 Å². The smallest absolute Gasteiger partial charge is 0.220 e. The van der Waals surface area contributed by atoms with Crippen molar-refractivity contribution >= 4 is 16.9 Å². The van der Waals surface area contributed by atoms with E-state index in [4.69, 9.17) is 9.72 Å². The molecule has 1 unspecified atom stereocenters. The second kappa shape index (κ2) is 8.91. The van der Waals surface area contributed by atoms with Crippen LogP contribution in [0.4, 0.5) is 0 Å². The molecule has 0 aliphatic heterocycles. The Hall–Kier alpha value is -2.82. The molecule has 1 aromatic heterocycles. The fourth-order valence-electron chi connectivity index (χ4n) is 3.49. The Bertz CT molecular complexity index is 941. The summed E-state index contributed by atoms with van der Waals surface area (Å²) in [5.74, 6) is 1.89. The molecule has 3 aromatic rings. The summed E-state index contributed by atoms with van der Waals surface area (Å²) in [7, 11) is 0. The van der Waals surface area contributed by atoms with E-state index in [9.17, 15) is 4.79 Å². The van der Waals surface area contributed by atoms with Gasteiger partial charge >= 0.3 is 0 Å². The van der Waals surface area contributed by atoms with Crippen LogP contribution in [0.2, 0.25) is 0 Å². The molecule has 0 radical (unpaired) electrons. The first kappa shape index (κ1) is 19.9. The highest BCUT2D eigenvalue weighted by Crippen LogP contribution is 2.24. The molecule has 3 rings (SSSR count). The number of carbonyl (C=O) groups is 1. The van der Waals surface area contributed by atoms with Gasteiger partial charge in [0.05, 0.1) is 23.7 Å². The van der Waals surface area contributed by atoms with Crippen LogP contribution in [0.15, 0.2) is 42.5 Å². The predicted octanol–water partition coefficient (Wildman–Crippen LogP) is 4.71. The van der Waals surface area contributed by atoms with Crippen molar-refractivity contribution in [2.75, 3.05) is 6.61 Å². The van der Waals surface area contributed by atoms with Gasteiger partial charge in [-0.3, -0.25) is 4.79 Å². The van der Waals surface area contributed by atoms with E-state index < -0.39 is 0 Å². The minimum Gasteiger partial charge on any atom is -0.493 e. The number of nitrogens with one attached hydrogen (secondary N) is 1. The Morgan fingerprint density at radius 1 is 1.14 bits per heavy atom. The van der Waals surface area contributed by atoms with Crippen molar-refractivity contribution in [2.45, 2.75) is 53.1 Å². The number of aromatic nitrogens is 2. The molecule has 5 heteroatoms. The van der Waals surface area contributed by atoms with Gasteiger partial charge in [0.2, 0.25) is 5.91 Å². The molecule has 1 amide bonds. The van der Waals surface area contributed by atoms with E-state index in [1.54, 1.807) is 0 Å². The molecule has 28 heavy (non-hydrogen) atoms. The van der Waals surface area contributed by atoms with Crippen molar-refractivity contribution in [3.8, 4) is 5.75 Å². The van der Waals surface area contributed by atoms with Crippen molar-refractivity contribution in [1.82, 2.24) is 14.9 Å². The van der Waals surface area contributed by atoms with Crippen LogP contribution in [-0.4, -0.2) is 22.1 Å². The third-order valence-electron chi connectivity index (χ3n) is 4.95. The number of hydrogen-bond donors (Lipinski definition) is 1. The van der Waals surface area contributed by atoms with Crippen LogP contribution in [-0.2, 0) is 11.3 Å². The highest BCUT2D eigenvalue weighted by atomic mass is 16.5. The van der Waals surface area contributed by atoms with E-state index in [-0.39, 0.29) is 11.9 Å². The zero-order valence-corrected chi connectivity index (χ0v) is 17.2. The van der Waals surface area contributed by atoms with Gasteiger partial charge in [-0.1, -0.05) is 37.3 Å². The summed E-state index contributed by atoms with van der Waals surface area (Å²) in [5.41, 5.74) is 4.35. The van der Waals surface area contributed by atoms with Crippen molar-refractivity contribution in [2.24, 2.45) is 0 Å². The van der Waals surface area contributed by atoms with Gasteiger partial charge in [-0.2, -0.15) is 0 Å². The SMILES string of the molecule is CCC(=O)NC(C)c1nc2ccccc2n1CCCOc1c(C)cccc1C. The summed E-state index contributed by atoms with van der Waals surface area (Å²) in [6.45, 7) is 9.40. The van der Waals surface area contributed by atoms with Crippen LogP contribution in [0.25, 0.3) is 11.0 Å². The fourth-order valence-corrected chi connectivity index (χ4v) is 3.49. The van der Waals surface area contributed by atoms with Crippen LogP contribution in [0.5, 0.6) is 5.75 Å². The molecule has 0 saturated heterocycles. The average Bonchev–Trinajstić information content (AvgIpc) is 3.05. The Balaban J connectivity index is 1.74. The van der Waals surface area contributed by atoms with Gasteiger partial charge < -0.3 is 14.6 Å². The Kier molecular flexibility index (Phi) is 6.34. The molecule has 2 aromatic carbocycles. The molecule has 0 fully saturated rings. The third-order valence-corrected chi connectivity index (χ3v) is 4.95. The van der Waals surface area contributed by atoms with Gasteiger partial charge in [0.1, 0.15) is 11.6 Å². The lowest BCUT2D eigenvalue weighted by molar-refractivity contribution is -0.121. The number of fused-ring (bicyclic) bond motifs is 1. The van der Waals surface area contributed by atoms with Gasteiger partial charge in [0.25, 0.3) is 0 Å². The van der Waals surface area contributed by atoms with Crippen molar-refractivity contribution in [1.29, 1.82) is 0 Å². The van der Waals surface area contributed by atoms with Crippen LogP contribution in [0, 0.1) is 13.8 Å². The topological polar surface area (TPSA) is 56.2 Å². The second-order valence-corrected chi connectivity index (χ2v) is 7.18. The number of imidazole rings is 1. The molecule has 0 aliphatic carbocycles. The number of rotatable bonds is 8. The van der Waals surface area contributed by atoms with E-state index in [1.165, 1.54) is 0 Å². The van der Waals surface area contributed by atoms with E-state index >= 15 is 0 Å². The van der Waals surface area contributed by atoms with E-state index in [0.29, 0.717) is 13.0 Å². The largest absolute Gasteiger partial charge is 0.493 e. The van der Waals surface area contributed by atoms with Crippen LogP contribution >= 0.6 is 0 Å². The third kappa shape index (κ3) is 4.35. The monoisotopic (exact) mass is 379 g/mol. The molecule has 5 nitrogen and oxygen atoms in total. The van der Waals surface area contributed by atoms with E-state index in [0.717, 1.165) is 46.7 Å². The quantitative estimate of drug-likeness (QED) is 0.577. The maximum atomic E-state index is 11.8. The number of para-hydroxylation sites is 3. The van der Waals surface area contributed by atoms with Gasteiger partial charge in [0.15, 0.2) is 0 Å². The summed E-state index contributed by atoms with van der Waals surface area (Å²) >= 11 is 0. The predicted molar refractivity (Wildman–Crippen MR) is 113 cm³/mol. The second-order valence-electron chi connectivity index (χ2n) is 7.18. The Morgan fingerprint density at radius 3 is 2.57 bits per heavy atom. The van der Waals surface area contributed by atoms with Crippen molar-refractivity contribution in [3.05, 3.63) is 59.4 Å². The van der Waals surface area contributed by atoms with E-state index in [1.807, 2.05) is 38.1 Å². The zero-order chi connectivity index (χ0) is 20.1. The summed E-state index contributed by atoms with van der Waals surface area (Å²) in [5, 5.41) is 3.02. The molecular weight excluding hydrogens is 350 g/mol. The molecule has 148 valence electrons. The van der Waals surface area contributed by atoms with Gasteiger partial charge in [0, 0.05) is 13.0 Å². The molecule has 0 saturated carbocycles. The standard InChI is InChI=1S/C23H29N3O2/c1-5-21(27)24-18(4)23-25-19-12-6-7-13-20(19)26(23)14-9-15-28-22-16(2)10-8-11-17(22)3/h6-8,10-13,18H,5,9,14-15H2,1-4H3,(H,24,27). The number of aryl methyl sites for hydroxylation is 3. The Labute approximate surface area is 166 Å². The summed E-state index contributed by atoms with van der Waals surface area (Å²) in [6.07, 6.45) is 1.32. The lowest BCUT2D eigenvalue weighted by Gasteiger charge is -2.17. The molecule has 0 aliphatic rings.